The van der Waals surface area contributed by atoms with Crippen LogP contribution in [0.4, 0.5) is 0 Å². The molecule has 7 heteroatoms. The molecule has 0 bridgehead atoms. The molecule has 1 heterocycles. The minimum Gasteiger partial charge on any atom is -0.350 e. The van der Waals surface area contributed by atoms with E-state index in [2.05, 4.69) is 11.1 Å². The van der Waals surface area contributed by atoms with E-state index < -0.39 is 16.5 Å². The smallest absolute Gasteiger partial charge is 0.350 e. The molecule has 0 radical (unpaired) electrons. The molecule has 1 aliphatic heterocycles. The van der Waals surface area contributed by atoms with Gasteiger partial charge < -0.3 is 9.47 Å². The number of hydrogen-bond donors (Lipinski definition) is 1. The van der Waals surface area contributed by atoms with E-state index in [1.807, 2.05) is 27.7 Å². The van der Waals surface area contributed by atoms with Gasteiger partial charge in [0.15, 0.2) is 6.29 Å². The van der Waals surface area contributed by atoms with E-state index in [0.29, 0.717) is 5.92 Å². The zero-order valence-electron chi connectivity index (χ0n) is 12.1. The molecule has 1 aliphatic rings. The average Bonchev–Trinajstić information content (AvgIpc) is 2.26. The van der Waals surface area contributed by atoms with Crippen LogP contribution in [0.2, 0.25) is 0 Å². The van der Waals surface area contributed by atoms with Gasteiger partial charge in [0, 0.05) is 5.92 Å². The van der Waals surface area contributed by atoms with Gasteiger partial charge >= 0.3 is 10.4 Å². The Balaban J connectivity index is 2.70. The highest BCUT2D eigenvalue weighted by Gasteiger charge is 2.40. The van der Waals surface area contributed by atoms with E-state index in [0.717, 1.165) is 0 Å². The molecule has 6 nitrogen and oxygen atoms in total. The lowest BCUT2D eigenvalue weighted by Crippen LogP contribution is -2.48. The maximum Gasteiger partial charge on any atom is 0.397 e. The third-order valence-electron chi connectivity index (χ3n) is 3.77. The molecule has 0 amide bonds. The average molecular weight is 296 g/mol. The van der Waals surface area contributed by atoms with E-state index in [1.165, 1.54) is 0 Å². The van der Waals surface area contributed by atoms with Crippen LogP contribution in [0.1, 0.15) is 34.6 Å². The van der Waals surface area contributed by atoms with Gasteiger partial charge in [-0.1, -0.05) is 20.8 Å². The van der Waals surface area contributed by atoms with Crippen molar-refractivity contribution >= 4 is 10.4 Å². The molecule has 3 unspecified atom stereocenters. The van der Waals surface area contributed by atoms with Crippen molar-refractivity contribution in [1.29, 1.82) is 0 Å². The number of rotatable bonds is 5. The molecule has 0 aromatic carbocycles. The molecular formula is C12H24O6S. The summed E-state index contributed by atoms with van der Waals surface area (Å²) in [6.45, 7) is 9.74. The van der Waals surface area contributed by atoms with Gasteiger partial charge in [-0.3, -0.25) is 4.55 Å². The van der Waals surface area contributed by atoms with E-state index in [1.54, 1.807) is 0 Å². The highest BCUT2D eigenvalue weighted by atomic mass is 32.3. The van der Waals surface area contributed by atoms with Crippen molar-refractivity contribution in [3.8, 4) is 0 Å². The van der Waals surface area contributed by atoms with Gasteiger partial charge in [0.2, 0.25) is 0 Å². The first-order chi connectivity index (χ1) is 8.61. The van der Waals surface area contributed by atoms with Gasteiger partial charge in [0.05, 0.1) is 18.8 Å². The lowest BCUT2D eigenvalue weighted by Gasteiger charge is -2.43. The maximum atomic E-state index is 10.6. The summed E-state index contributed by atoms with van der Waals surface area (Å²) < 4.78 is 45.8. The minimum absolute atomic E-state index is 0.0243. The van der Waals surface area contributed by atoms with Crippen LogP contribution in [0, 0.1) is 17.8 Å². The molecule has 0 saturated carbocycles. The highest BCUT2D eigenvalue weighted by molar-refractivity contribution is 7.80. The Hall–Kier alpha value is -0.210. The first-order valence-corrected chi connectivity index (χ1v) is 7.91. The van der Waals surface area contributed by atoms with Crippen molar-refractivity contribution < 1.29 is 26.6 Å². The van der Waals surface area contributed by atoms with Crippen LogP contribution in [0.15, 0.2) is 0 Å². The molecule has 19 heavy (non-hydrogen) atoms. The summed E-state index contributed by atoms with van der Waals surface area (Å²) in [7, 11) is -4.44. The molecule has 1 saturated heterocycles. The number of ether oxygens (including phenoxy) is 2. The van der Waals surface area contributed by atoms with Gasteiger partial charge in [-0.25, -0.2) is 4.18 Å². The normalized spacial score (nSPS) is 36.7. The SMILES string of the molecule is CC(C)O[C@@H]1OC(COS(=O)(=O)O)[C@H](C)C(C)C1C. The molecule has 0 aromatic rings. The Kier molecular flexibility index (Phi) is 5.76. The van der Waals surface area contributed by atoms with Gasteiger partial charge in [-0.05, 0) is 25.7 Å². The van der Waals surface area contributed by atoms with Crippen LogP contribution in [0.3, 0.4) is 0 Å². The van der Waals surface area contributed by atoms with Gasteiger partial charge in [0.1, 0.15) is 0 Å². The van der Waals surface area contributed by atoms with Crippen molar-refractivity contribution in [3.63, 3.8) is 0 Å². The zero-order valence-corrected chi connectivity index (χ0v) is 12.9. The summed E-state index contributed by atoms with van der Waals surface area (Å²) in [4.78, 5) is 0. The van der Waals surface area contributed by atoms with E-state index in [-0.39, 0.29) is 30.8 Å². The van der Waals surface area contributed by atoms with E-state index in [9.17, 15) is 8.42 Å². The summed E-state index contributed by atoms with van der Waals surface area (Å²) >= 11 is 0. The number of hydrogen-bond acceptors (Lipinski definition) is 5. The predicted molar refractivity (Wildman–Crippen MR) is 69.9 cm³/mol. The molecular weight excluding hydrogens is 272 g/mol. The lowest BCUT2D eigenvalue weighted by atomic mass is 9.79. The molecule has 0 aromatic heterocycles. The first-order valence-electron chi connectivity index (χ1n) is 6.54. The minimum atomic E-state index is -4.44. The lowest BCUT2D eigenvalue weighted by molar-refractivity contribution is -0.263. The van der Waals surface area contributed by atoms with Crippen LogP contribution in [-0.2, 0) is 24.1 Å². The van der Waals surface area contributed by atoms with Crippen LogP contribution in [-0.4, -0.2) is 38.1 Å². The highest BCUT2D eigenvalue weighted by Crippen LogP contribution is 2.36. The maximum absolute atomic E-state index is 10.6. The summed E-state index contributed by atoms with van der Waals surface area (Å²) in [6, 6.07) is 0. The van der Waals surface area contributed by atoms with Crippen LogP contribution >= 0.6 is 0 Å². The second kappa shape index (κ2) is 6.49. The van der Waals surface area contributed by atoms with Crippen LogP contribution in [0.25, 0.3) is 0 Å². The fourth-order valence-corrected chi connectivity index (χ4v) is 2.56. The molecule has 1 fully saturated rings. The summed E-state index contributed by atoms with van der Waals surface area (Å²) in [5.74, 6) is 0.621. The second-order valence-electron chi connectivity index (χ2n) is 5.52. The van der Waals surface area contributed by atoms with Crippen molar-refractivity contribution in [2.75, 3.05) is 6.61 Å². The Morgan fingerprint density at radius 1 is 1.16 bits per heavy atom. The third-order valence-corrected chi connectivity index (χ3v) is 4.20. The first kappa shape index (κ1) is 16.8. The van der Waals surface area contributed by atoms with Crippen molar-refractivity contribution in [2.24, 2.45) is 17.8 Å². The Morgan fingerprint density at radius 3 is 2.21 bits per heavy atom. The largest absolute Gasteiger partial charge is 0.397 e. The molecule has 1 rings (SSSR count). The summed E-state index contributed by atoms with van der Waals surface area (Å²) in [5.41, 5.74) is 0. The van der Waals surface area contributed by atoms with Crippen LogP contribution < -0.4 is 0 Å². The van der Waals surface area contributed by atoms with E-state index >= 15 is 0 Å². The summed E-state index contributed by atoms with van der Waals surface area (Å²) in [6.07, 6.45) is -0.783. The molecule has 0 aliphatic carbocycles. The topological polar surface area (TPSA) is 82.1 Å². The predicted octanol–water partition coefficient (Wildman–Crippen LogP) is 1.86. The Labute approximate surface area is 115 Å². The van der Waals surface area contributed by atoms with Crippen molar-refractivity contribution in [1.82, 2.24) is 0 Å². The fraction of sp³-hybridized carbons (Fsp3) is 1.00. The van der Waals surface area contributed by atoms with Crippen molar-refractivity contribution in [2.45, 2.75) is 53.1 Å². The Morgan fingerprint density at radius 2 is 1.74 bits per heavy atom. The monoisotopic (exact) mass is 296 g/mol. The molecule has 1 N–H and O–H groups in total. The molecule has 0 spiro atoms. The van der Waals surface area contributed by atoms with Crippen LogP contribution in [0.5, 0.6) is 0 Å². The van der Waals surface area contributed by atoms with E-state index in [4.69, 9.17) is 14.0 Å². The van der Waals surface area contributed by atoms with Crippen molar-refractivity contribution in [3.05, 3.63) is 0 Å². The molecule has 114 valence electrons. The molecule has 5 atom stereocenters. The fourth-order valence-electron chi connectivity index (χ4n) is 2.25. The Bertz CT molecular complexity index is 380. The second-order valence-corrected chi connectivity index (χ2v) is 6.61. The van der Waals surface area contributed by atoms with Gasteiger partial charge in [-0.2, -0.15) is 8.42 Å². The zero-order chi connectivity index (χ0) is 14.8. The quantitative estimate of drug-likeness (QED) is 0.780. The standard InChI is InChI=1S/C12H24O6S/c1-7(2)17-12-10(5)8(3)9(4)11(18-12)6-16-19(13,14)15/h7-12H,6H2,1-5H3,(H,13,14,15)/t8?,9-,10?,11?,12-/m1/s1. The summed E-state index contributed by atoms with van der Waals surface area (Å²) in [5, 5.41) is 0. The van der Waals surface area contributed by atoms with Gasteiger partial charge in [0.25, 0.3) is 0 Å². The third kappa shape index (κ3) is 5.00. The van der Waals surface area contributed by atoms with Gasteiger partial charge in [-0.15, -0.1) is 0 Å².